The summed E-state index contributed by atoms with van der Waals surface area (Å²) in [6.45, 7) is 0.280. The molecule has 0 aliphatic rings. The lowest BCUT2D eigenvalue weighted by molar-refractivity contribution is 0.575. The molecule has 0 aliphatic carbocycles. The number of halogens is 2. The molecule has 0 amide bonds. The highest BCUT2D eigenvalue weighted by Gasteiger charge is 2.13. The summed E-state index contributed by atoms with van der Waals surface area (Å²) in [6.07, 6.45) is 4.53. The molecule has 0 radical (unpaired) electrons. The van der Waals surface area contributed by atoms with Gasteiger partial charge in [0.25, 0.3) is 0 Å². The minimum atomic E-state index is -3.28. The van der Waals surface area contributed by atoms with E-state index in [1.807, 2.05) is 0 Å². The quantitative estimate of drug-likeness (QED) is 0.773. The lowest BCUT2D eigenvalue weighted by Crippen LogP contribution is -2.15. The van der Waals surface area contributed by atoms with Gasteiger partial charge in [-0.2, -0.15) is 9.49 Å². The van der Waals surface area contributed by atoms with Gasteiger partial charge >= 0.3 is 0 Å². The first kappa shape index (κ1) is 14.1. The Morgan fingerprint density at radius 2 is 2.11 bits per heavy atom. The maximum atomic E-state index is 12.6. The Hall–Kier alpha value is -1.28. The number of hydrogen-bond donors (Lipinski definition) is 0. The fourth-order valence-electron chi connectivity index (χ4n) is 1.51. The first-order valence-electron chi connectivity index (χ1n) is 5.43. The number of nitrogens with zero attached hydrogens (tertiary/aromatic N) is 3. The minimum absolute atomic E-state index is 0.0293. The second-order valence-electron chi connectivity index (χ2n) is 4.00. The van der Waals surface area contributed by atoms with E-state index in [1.54, 1.807) is 17.1 Å². The number of aryl methyl sites for hydroxylation is 1. The van der Waals surface area contributed by atoms with Crippen molar-refractivity contribution in [3.05, 3.63) is 46.7 Å². The lowest BCUT2D eigenvalue weighted by atomic mass is 10.3. The molecule has 8 heteroatoms. The van der Waals surface area contributed by atoms with Crippen LogP contribution in [0.5, 0.6) is 0 Å². The van der Waals surface area contributed by atoms with Gasteiger partial charge < -0.3 is 0 Å². The Balaban J connectivity index is 1.97. The van der Waals surface area contributed by atoms with Crippen LogP contribution in [-0.2, 0) is 22.1 Å². The monoisotopic (exact) mass is 347 g/mol. The van der Waals surface area contributed by atoms with Gasteiger partial charge in [-0.05, 0) is 27.6 Å². The van der Waals surface area contributed by atoms with Crippen molar-refractivity contribution in [3.63, 3.8) is 0 Å². The molecule has 0 saturated heterocycles. The molecule has 19 heavy (non-hydrogen) atoms. The molecule has 2 aromatic rings. The second kappa shape index (κ2) is 5.79. The van der Waals surface area contributed by atoms with Gasteiger partial charge in [-0.15, -0.1) is 0 Å². The zero-order valence-corrected chi connectivity index (χ0v) is 12.2. The van der Waals surface area contributed by atoms with Crippen molar-refractivity contribution in [2.24, 2.45) is 0 Å². The predicted octanol–water partition coefficient (Wildman–Crippen LogP) is 1.79. The van der Waals surface area contributed by atoms with E-state index in [0.29, 0.717) is 5.56 Å². The Bertz CT molecular complexity index is 655. The van der Waals surface area contributed by atoms with Crippen LogP contribution in [0.1, 0.15) is 5.56 Å². The number of pyridine rings is 1. The predicted molar refractivity (Wildman–Crippen MR) is 71.6 cm³/mol. The zero-order chi connectivity index (χ0) is 13.9. The summed E-state index contributed by atoms with van der Waals surface area (Å²) in [5.74, 6) is -0.802. The van der Waals surface area contributed by atoms with Crippen molar-refractivity contribution in [2.45, 2.75) is 12.3 Å². The maximum absolute atomic E-state index is 12.6. The van der Waals surface area contributed by atoms with Crippen LogP contribution in [0.2, 0.25) is 0 Å². The number of sulfone groups is 1. The van der Waals surface area contributed by atoms with Gasteiger partial charge in [-0.3, -0.25) is 4.68 Å². The molecule has 0 bridgehead atoms. The van der Waals surface area contributed by atoms with Gasteiger partial charge in [-0.1, -0.05) is 6.07 Å². The number of rotatable bonds is 5. The minimum Gasteiger partial charge on any atom is -0.271 e. The Morgan fingerprint density at radius 3 is 2.68 bits per heavy atom. The number of hydrogen-bond acceptors (Lipinski definition) is 4. The van der Waals surface area contributed by atoms with Gasteiger partial charge in [0.15, 0.2) is 9.84 Å². The molecule has 0 saturated carbocycles. The van der Waals surface area contributed by atoms with E-state index in [1.165, 1.54) is 12.3 Å². The normalized spacial score (nSPS) is 11.7. The molecule has 2 rings (SSSR count). The smallest absolute Gasteiger partial charge is 0.212 e. The van der Waals surface area contributed by atoms with E-state index in [-0.39, 0.29) is 18.1 Å². The van der Waals surface area contributed by atoms with E-state index in [4.69, 9.17) is 0 Å². The molecule has 0 spiro atoms. The Kier molecular flexibility index (Phi) is 4.31. The standard InChI is InChI=1S/C11H11BrFN3O2S/c12-10-6-15-16(7-10)3-4-19(17,18)8-9-1-2-11(13)14-5-9/h1-2,5-7H,3-4,8H2. The molecule has 0 atom stereocenters. The van der Waals surface area contributed by atoms with Crippen molar-refractivity contribution in [2.75, 3.05) is 5.75 Å². The summed E-state index contributed by atoms with van der Waals surface area (Å²) >= 11 is 3.24. The summed E-state index contributed by atoms with van der Waals surface area (Å²) in [4.78, 5) is 3.43. The SMILES string of the molecule is O=S(=O)(CCn1cc(Br)cn1)Cc1ccc(F)nc1. The molecule has 2 aromatic heterocycles. The van der Waals surface area contributed by atoms with Gasteiger partial charge in [0.1, 0.15) is 0 Å². The molecular formula is C11H11BrFN3O2S. The third-order valence-electron chi connectivity index (χ3n) is 2.41. The van der Waals surface area contributed by atoms with E-state index >= 15 is 0 Å². The van der Waals surface area contributed by atoms with Crippen LogP contribution in [0.4, 0.5) is 4.39 Å². The molecule has 0 unspecified atom stereocenters. The van der Waals surface area contributed by atoms with Gasteiger partial charge in [0.05, 0.1) is 28.7 Å². The maximum Gasteiger partial charge on any atom is 0.212 e. The van der Waals surface area contributed by atoms with Crippen LogP contribution in [0.3, 0.4) is 0 Å². The van der Waals surface area contributed by atoms with Crippen molar-refractivity contribution in [1.29, 1.82) is 0 Å². The first-order valence-corrected chi connectivity index (χ1v) is 8.05. The van der Waals surface area contributed by atoms with Crippen molar-refractivity contribution in [3.8, 4) is 0 Å². The summed E-state index contributed by atoms with van der Waals surface area (Å²) in [7, 11) is -3.28. The summed E-state index contributed by atoms with van der Waals surface area (Å²) in [5.41, 5.74) is 0.475. The van der Waals surface area contributed by atoms with Gasteiger partial charge in [0.2, 0.25) is 5.95 Å². The van der Waals surface area contributed by atoms with E-state index in [9.17, 15) is 12.8 Å². The highest BCUT2D eigenvalue weighted by atomic mass is 79.9. The molecule has 0 aliphatic heterocycles. The Labute approximate surface area is 118 Å². The van der Waals surface area contributed by atoms with Crippen molar-refractivity contribution >= 4 is 25.8 Å². The van der Waals surface area contributed by atoms with Crippen LogP contribution < -0.4 is 0 Å². The van der Waals surface area contributed by atoms with Crippen LogP contribution >= 0.6 is 15.9 Å². The summed E-state index contributed by atoms with van der Waals surface area (Å²) in [5, 5.41) is 3.98. The van der Waals surface area contributed by atoms with Crippen LogP contribution in [0.15, 0.2) is 35.2 Å². The average Bonchev–Trinajstić information content (AvgIpc) is 2.76. The molecule has 0 N–H and O–H groups in total. The van der Waals surface area contributed by atoms with E-state index in [2.05, 4.69) is 26.0 Å². The average molecular weight is 348 g/mol. The third kappa shape index (κ3) is 4.39. The van der Waals surface area contributed by atoms with E-state index < -0.39 is 15.8 Å². The van der Waals surface area contributed by atoms with Crippen LogP contribution in [0, 0.1) is 5.95 Å². The van der Waals surface area contributed by atoms with Crippen LogP contribution in [0.25, 0.3) is 0 Å². The number of aromatic nitrogens is 3. The largest absolute Gasteiger partial charge is 0.271 e. The lowest BCUT2D eigenvalue weighted by Gasteiger charge is -2.04. The van der Waals surface area contributed by atoms with Crippen molar-refractivity contribution in [1.82, 2.24) is 14.8 Å². The molecule has 102 valence electrons. The second-order valence-corrected chi connectivity index (χ2v) is 7.10. The highest BCUT2D eigenvalue weighted by molar-refractivity contribution is 9.10. The fourth-order valence-corrected chi connectivity index (χ4v) is 3.13. The molecule has 0 aromatic carbocycles. The highest BCUT2D eigenvalue weighted by Crippen LogP contribution is 2.09. The van der Waals surface area contributed by atoms with Crippen molar-refractivity contribution < 1.29 is 12.8 Å². The zero-order valence-electron chi connectivity index (χ0n) is 9.83. The summed E-state index contributed by atoms with van der Waals surface area (Å²) in [6, 6.07) is 2.57. The van der Waals surface area contributed by atoms with Gasteiger partial charge in [-0.25, -0.2) is 13.4 Å². The van der Waals surface area contributed by atoms with Crippen LogP contribution in [-0.4, -0.2) is 28.9 Å². The summed E-state index contributed by atoms with van der Waals surface area (Å²) < 4.78 is 38.7. The molecule has 5 nitrogen and oxygen atoms in total. The molecule has 0 fully saturated rings. The Morgan fingerprint density at radius 1 is 1.32 bits per heavy atom. The topological polar surface area (TPSA) is 64.8 Å². The van der Waals surface area contributed by atoms with E-state index in [0.717, 1.165) is 10.5 Å². The molecule has 2 heterocycles. The molecular weight excluding hydrogens is 337 g/mol. The third-order valence-corrected chi connectivity index (χ3v) is 4.40. The first-order chi connectivity index (χ1) is 8.94. The fraction of sp³-hybridized carbons (Fsp3) is 0.273. The van der Waals surface area contributed by atoms with Gasteiger partial charge in [0, 0.05) is 12.4 Å².